The number of aliphatic hydroxyl groups is 1. The number of aliphatic hydroxyl groups excluding tert-OH is 1. The molecular weight excluding hydrogens is 192 g/mol. The Labute approximate surface area is 90.1 Å². The fourth-order valence-electron chi connectivity index (χ4n) is 1.40. The Bertz CT molecular complexity index is 286. The first-order chi connectivity index (χ1) is 7.27. The zero-order valence-electron chi connectivity index (χ0n) is 8.94. The van der Waals surface area contributed by atoms with Gasteiger partial charge in [-0.15, -0.1) is 0 Å². The Morgan fingerprint density at radius 3 is 2.80 bits per heavy atom. The van der Waals surface area contributed by atoms with Crippen LogP contribution in [0.25, 0.3) is 0 Å². The molecule has 0 aliphatic carbocycles. The molecule has 4 heteroatoms. The van der Waals surface area contributed by atoms with E-state index in [1.54, 1.807) is 7.11 Å². The van der Waals surface area contributed by atoms with Crippen LogP contribution in [-0.4, -0.2) is 31.5 Å². The lowest BCUT2D eigenvalue weighted by Gasteiger charge is -2.19. The number of para-hydroxylation sites is 2. The fourth-order valence-corrected chi connectivity index (χ4v) is 1.40. The minimum atomic E-state index is 0.0877. The van der Waals surface area contributed by atoms with Crippen molar-refractivity contribution >= 4 is 11.4 Å². The van der Waals surface area contributed by atoms with Crippen LogP contribution in [0.4, 0.5) is 11.4 Å². The molecule has 0 aromatic heterocycles. The summed E-state index contributed by atoms with van der Waals surface area (Å²) < 4.78 is 5.05. The van der Waals surface area contributed by atoms with E-state index in [9.17, 15) is 0 Å². The van der Waals surface area contributed by atoms with Gasteiger partial charge in [-0.3, -0.25) is 0 Å². The Morgan fingerprint density at radius 2 is 2.20 bits per heavy atom. The number of benzene rings is 1. The second-order valence-electron chi connectivity index (χ2n) is 3.40. The average molecular weight is 210 g/mol. The van der Waals surface area contributed by atoms with Gasteiger partial charge in [-0.25, -0.2) is 0 Å². The van der Waals surface area contributed by atoms with Crippen molar-refractivity contribution in [3.8, 4) is 0 Å². The van der Waals surface area contributed by atoms with Crippen LogP contribution in [0, 0.1) is 0 Å². The molecule has 0 spiro atoms. The number of nitrogen functional groups attached to an aromatic ring is 1. The molecule has 1 aromatic rings. The quantitative estimate of drug-likeness (QED) is 0.615. The number of anilines is 2. The van der Waals surface area contributed by atoms with Crippen molar-refractivity contribution in [2.24, 2.45) is 0 Å². The number of nitrogens with one attached hydrogen (secondary N) is 1. The third kappa shape index (κ3) is 3.77. The summed E-state index contributed by atoms with van der Waals surface area (Å²) >= 11 is 0. The molecule has 0 radical (unpaired) electrons. The molecule has 0 bridgehead atoms. The van der Waals surface area contributed by atoms with Gasteiger partial charge < -0.3 is 20.9 Å². The van der Waals surface area contributed by atoms with Crippen molar-refractivity contribution in [1.82, 2.24) is 0 Å². The fraction of sp³-hybridized carbons (Fsp3) is 0.455. The predicted molar refractivity (Wildman–Crippen MR) is 61.8 cm³/mol. The van der Waals surface area contributed by atoms with Gasteiger partial charge in [0.25, 0.3) is 0 Å². The largest absolute Gasteiger partial charge is 0.397 e. The average Bonchev–Trinajstić information content (AvgIpc) is 2.22. The Hall–Kier alpha value is -1.26. The molecule has 1 atom stereocenters. The van der Waals surface area contributed by atoms with Crippen LogP contribution in [0.1, 0.15) is 6.42 Å². The molecule has 0 saturated heterocycles. The first kappa shape index (κ1) is 11.8. The summed E-state index contributed by atoms with van der Waals surface area (Å²) in [6, 6.07) is 7.64. The number of rotatable bonds is 6. The van der Waals surface area contributed by atoms with Gasteiger partial charge >= 0.3 is 0 Å². The van der Waals surface area contributed by atoms with E-state index in [1.165, 1.54) is 0 Å². The molecule has 0 aliphatic heterocycles. The van der Waals surface area contributed by atoms with Crippen LogP contribution in [0.5, 0.6) is 0 Å². The topological polar surface area (TPSA) is 67.5 Å². The summed E-state index contributed by atoms with van der Waals surface area (Å²) in [7, 11) is 1.64. The minimum Gasteiger partial charge on any atom is -0.397 e. The molecule has 84 valence electrons. The van der Waals surface area contributed by atoms with Crippen molar-refractivity contribution < 1.29 is 9.84 Å². The van der Waals surface area contributed by atoms with E-state index in [1.807, 2.05) is 24.3 Å². The zero-order chi connectivity index (χ0) is 11.1. The number of methoxy groups -OCH3 is 1. The van der Waals surface area contributed by atoms with Crippen molar-refractivity contribution in [2.45, 2.75) is 12.5 Å². The molecule has 0 aliphatic rings. The maximum absolute atomic E-state index is 8.88. The second-order valence-corrected chi connectivity index (χ2v) is 3.40. The maximum atomic E-state index is 8.88. The highest BCUT2D eigenvalue weighted by molar-refractivity contribution is 5.65. The SMILES string of the molecule is COCC(CCO)Nc1ccccc1N. The number of hydrogen-bond acceptors (Lipinski definition) is 4. The minimum absolute atomic E-state index is 0.0877. The van der Waals surface area contributed by atoms with Gasteiger partial charge in [0.1, 0.15) is 0 Å². The van der Waals surface area contributed by atoms with E-state index in [2.05, 4.69) is 5.32 Å². The summed E-state index contributed by atoms with van der Waals surface area (Å²) in [4.78, 5) is 0. The number of hydrogen-bond donors (Lipinski definition) is 3. The summed E-state index contributed by atoms with van der Waals surface area (Å²) in [6.45, 7) is 0.683. The highest BCUT2D eigenvalue weighted by atomic mass is 16.5. The highest BCUT2D eigenvalue weighted by Crippen LogP contribution is 2.18. The number of ether oxygens (including phenoxy) is 1. The van der Waals surface area contributed by atoms with Gasteiger partial charge in [-0.2, -0.15) is 0 Å². The Balaban J connectivity index is 2.60. The summed E-state index contributed by atoms with van der Waals surface area (Å²) in [5.74, 6) is 0. The van der Waals surface area contributed by atoms with E-state index in [0.29, 0.717) is 18.7 Å². The summed E-state index contributed by atoms with van der Waals surface area (Å²) in [5, 5.41) is 12.1. The molecule has 0 saturated carbocycles. The normalized spacial score (nSPS) is 12.4. The van der Waals surface area contributed by atoms with Crippen LogP contribution >= 0.6 is 0 Å². The predicted octanol–water partition coefficient (Wildman–Crippen LogP) is 1.08. The third-order valence-electron chi connectivity index (χ3n) is 2.17. The third-order valence-corrected chi connectivity index (χ3v) is 2.17. The van der Waals surface area contributed by atoms with E-state index < -0.39 is 0 Å². The molecule has 1 aromatic carbocycles. The van der Waals surface area contributed by atoms with Crippen molar-refractivity contribution in [1.29, 1.82) is 0 Å². The van der Waals surface area contributed by atoms with Crippen LogP contribution in [0.15, 0.2) is 24.3 Å². The molecule has 1 unspecified atom stereocenters. The smallest absolute Gasteiger partial charge is 0.0664 e. The lowest BCUT2D eigenvalue weighted by atomic mass is 10.2. The number of nitrogens with two attached hydrogens (primary N) is 1. The van der Waals surface area contributed by atoms with Gasteiger partial charge in [0, 0.05) is 13.7 Å². The molecule has 4 nitrogen and oxygen atoms in total. The van der Waals surface area contributed by atoms with Crippen LogP contribution in [-0.2, 0) is 4.74 Å². The van der Waals surface area contributed by atoms with E-state index >= 15 is 0 Å². The summed E-state index contributed by atoms with van der Waals surface area (Å²) in [5.41, 5.74) is 7.38. The van der Waals surface area contributed by atoms with Crippen LogP contribution < -0.4 is 11.1 Å². The molecule has 0 fully saturated rings. The maximum Gasteiger partial charge on any atom is 0.0664 e. The van der Waals surface area contributed by atoms with Gasteiger partial charge in [0.05, 0.1) is 24.0 Å². The van der Waals surface area contributed by atoms with Crippen LogP contribution in [0.3, 0.4) is 0 Å². The molecular formula is C11H18N2O2. The van der Waals surface area contributed by atoms with Crippen molar-refractivity contribution in [2.75, 3.05) is 31.4 Å². The Kier molecular flexibility index (Phi) is 4.93. The molecule has 0 heterocycles. The monoisotopic (exact) mass is 210 g/mol. The first-order valence-electron chi connectivity index (χ1n) is 4.98. The highest BCUT2D eigenvalue weighted by Gasteiger charge is 2.08. The molecule has 1 rings (SSSR count). The van der Waals surface area contributed by atoms with Gasteiger partial charge in [0.15, 0.2) is 0 Å². The second kappa shape index (κ2) is 6.27. The van der Waals surface area contributed by atoms with Gasteiger partial charge in [0.2, 0.25) is 0 Å². The molecule has 0 amide bonds. The summed E-state index contributed by atoms with van der Waals surface area (Å²) in [6.07, 6.45) is 0.641. The van der Waals surface area contributed by atoms with Crippen LogP contribution in [0.2, 0.25) is 0 Å². The van der Waals surface area contributed by atoms with Gasteiger partial charge in [-0.05, 0) is 18.6 Å². The van der Waals surface area contributed by atoms with E-state index in [4.69, 9.17) is 15.6 Å². The Morgan fingerprint density at radius 1 is 1.47 bits per heavy atom. The zero-order valence-corrected chi connectivity index (χ0v) is 8.94. The van der Waals surface area contributed by atoms with Gasteiger partial charge in [-0.1, -0.05) is 12.1 Å². The van der Waals surface area contributed by atoms with E-state index in [0.717, 1.165) is 5.69 Å². The van der Waals surface area contributed by atoms with Crippen molar-refractivity contribution in [3.05, 3.63) is 24.3 Å². The molecule has 4 N–H and O–H groups in total. The molecule has 15 heavy (non-hydrogen) atoms. The van der Waals surface area contributed by atoms with E-state index in [-0.39, 0.29) is 12.6 Å². The lowest BCUT2D eigenvalue weighted by Crippen LogP contribution is -2.26. The standard InChI is InChI=1S/C11H18N2O2/c1-15-8-9(6-7-14)13-11-5-3-2-4-10(11)12/h2-5,9,13-14H,6-8,12H2,1H3. The first-order valence-corrected chi connectivity index (χ1v) is 4.98. The van der Waals surface area contributed by atoms with Crippen molar-refractivity contribution in [3.63, 3.8) is 0 Å². The lowest BCUT2D eigenvalue weighted by molar-refractivity contribution is 0.170.